The van der Waals surface area contributed by atoms with Crippen LogP contribution < -0.4 is 10.2 Å². The summed E-state index contributed by atoms with van der Waals surface area (Å²) >= 11 is 0. The normalized spacial score (nSPS) is 17.3. The maximum atomic E-state index is 12.8. The molecule has 2 aromatic heterocycles. The predicted molar refractivity (Wildman–Crippen MR) is 115 cm³/mol. The number of nitrogens with zero attached hydrogens (tertiary/aromatic N) is 4. The van der Waals surface area contributed by atoms with Gasteiger partial charge in [0.1, 0.15) is 11.6 Å². The molecule has 3 aromatic rings. The summed E-state index contributed by atoms with van der Waals surface area (Å²) in [6.45, 7) is 5.17. The molecule has 1 aromatic carbocycles. The largest absolute Gasteiger partial charge is 0.396 e. The lowest BCUT2D eigenvalue weighted by Gasteiger charge is -2.33. The fourth-order valence-electron chi connectivity index (χ4n) is 3.83. The lowest BCUT2D eigenvalue weighted by Crippen LogP contribution is -2.38. The fraction of sp³-hybridized carbons (Fsp3) is 0.409. The average Bonchev–Trinajstić information content (AvgIpc) is 3.21. The van der Waals surface area contributed by atoms with Gasteiger partial charge < -0.3 is 20.4 Å². The van der Waals surface area contributed by atoms with Crippen LogP contribution in [0.5, 0.6) is 0 Å². The minimum atomic E-state index is -0.959. The van der Waals surface area contributed by atoms with E-state index in [1.54, 1.807) is 54.9 Å². The van der Waals surface area contributed by atoms with Crippen LogP contribution in [0.4, 0.5) is 11.6 Å². The summed E-state index contributed by atoms with van der Waals surface area (Å²) in [6, 6.07) is 10.5. The minimum Gasteiger partial charge on any atom is -0.396 e. The Morgan fingerprint density at radius 1 is 1.27 bits per heavy atom. The van der Waals surface area contributed by atoms with Crippen molar-refractivity contribution in [1.82, 2.24) is 14.6 Å². The zero-order valence-electron chi connectivity index (χ0n) is 17.2. The summed E-state index contributed by atoms with van der Waals surface area (Å²) in [5.41, 5.74) is 0.910. The van der Waals surface area contributed by atoms with Crippen LogP contribution >= 0.6 is 0 Å². The molecule has 0 radical (unpaired) electrons. The highest BCUT2D eigenvalue weighted by molar-refractivity contribution is 6.04. The number of piperidine rings is 1. The van der Waals surface area contributed by atoms with Crippen molar-refractivity contribution in [2.45, 2.75) is 32.3 Å². The summed E-state index contributed by atoms with van der Waals surface area (Å²) in [7, 11) is 0. The highest BCUT2D eigenvalue weighted by atomic mass is 16.3. The topological polar surface area (TPSA) is 103 Å². The van der Waals surface area contributed by atoms with Crippen LogP contribution in [-0.2, 0) is 5.60 Å². The third-order valence-corrected chi connectivity index (χ3v) is 5.54. The number of nitrogens with one attached hydrogen (secondary N) is 1. The SMILES string of the molecule is CC(C)(O)c1ccc(C(=O)Nc2cc(N3CCCC(CO)C3)n3nccc3n2)cc1. The minimum absolute atomic E-state index is 0.161. The van der Waals surface area contributed by atoms with Crippen molar-refractivity contribution < 1.29 is 15.0 Å². The van der Waals surface area contributed by atoms with Gasteiger partial charge in [0, 0.05) is 37.4 Å². The molecule has 1 unspecified atom stereocenters. The fourth-order valence-corrected chi connectivity index (χ4v) is 3.83. The van der Waals surface area contributed by atoms with E-state index < -0.39 is 5.60 Å². The molecular weight excluding hydrogens is 382 g/mol. The van der Waals surface area contributed by atoms with Gasteiger partial charge in [-0.3, -0.25) is 4.79 Å². The van der Waals surface area contributed by atoms with Crippen LogP contribution in [-0.4, -0.2) is 50.4 Å². The molecule has 1 aliphatic heterocycles. The monoisotopic (exact) mass is 409 g/mol. The lowest BCUT2D eigenvalue weighted by atomic mass is 9.97. The number of rotatable bonds is 5. The second-order valence-corrected chi connectivity index (χ2v) is 8.33. The van der Waals surface area contributed by atoms with E-state index in [0.29, 0.717) is 17.0 Å². The number of fused-ring (bicyclic) bond motifs is 1. The lowest BCUT2D eigenvalue weighted by molar-refractivity contribution is 0.0785. The summed E-state index contributed by atoms with van der Waals surface area (Å²) < 4.78 is 1.76. The van der Waals surface area contributed by atoms with E-state index in [1.165, 1.54) is 0 Å². The van der Waals surface area contributed by atoms with Gasteiger partial charge in [0.15, 0.2) is 5.65 Å². The van der Waals surface area contributed by atoms with E-state index in [9.17, 15) is 15.0 Å². The zero-order chi connectivity index (χ0) is 21.3. The molecule has 8 nitrogen and oxygen atoms in total. The molecule has 0 aliphatic carbocycles. The number of hydrogen-bond donors (Lipinski definition) is 3. The Bertz CT molecular complexity index is 1040. The maximum absolute atomic E-state index is 12.8. The van der Waals surface area contributed by atoms with Gasteiger partial charge >= 0.3 is 0 Å². The Kier molecular flexibility index (Phi) is 5.44. The molecule has 3 heterocycles. The Morgan fingerprint density at radius 2 is 2.03 bits per heavy atom. The van der Waals surface area contributed by atoms with Crippen molar-refractivity contribution in [1.29, 1.82) is 0 Å². The Morgan fingerprint density at radius 3 is 2.73 bits per heavy atom. The van der Waals surface area contributed by atoms with Gasteiger partial charge in [0.05, 0.1) is 11.8 Å². The smallest absolute Gasteiger partial charge is 0.256 e. The summed E-state index contributed by atoms with van der Waals surface area (Å²) in [6.07, 6.45) is 3.68. The maximum Gasteiger partial charge on any atom is 0.256 e. The van der Waals surface area contributed by atoms with Crippen LogP contribution in [0.3, 0.4) is 0 Å². The van der Waals surface area contributed by atoms with Crippen molar-refractivity contribution >= 4 is 23.2 Å². The number of aliphatic hydroxyl groups excluding tert-OH is 1. The van der Waals surface area contributed by atoms with E-state index in [1.807, 2.05) is 6.07 Å². The third kappa shape index (κ3) is 4.15. The molecule has 30 heavy (non-hydrogen) atoms. The van der Waals surface area contributed by atoms with E-state index in [2.05, 4.69) is 20.3 Å². The van der Waals surface area contributed by atoms with Crippen LogP contribution in [0.1, 0.15) is 42.6 Å². The molecule has 1 aliphatic rings. The number of aliphatic hydroxyl groups is 2. The first-order chi connectivity index (χ1) is 14.3. The molecule has 1 amide bonds. The number of carbonyl (C=O) groups excluding carboxylic acids is 1. The molecule has 8 heteroatoms. The first-order valence-electron chi connectivity index (χ1n) is 10.2. The second-order valence-electron chi connectivity index (χ2n) is 8.33. The molecule has 1 atom stereocenters. The van der Waals surface area contributed by atoms with Crippen LogP contribution in [0, 0.1) is 5.92 Å². The zero-order valence-corrected chi connectivity index (χ0v) is 17.2. The molecule has 0 bridgehead atoms. The van der Waals surface area contributed by atoms with Crippen molar-refractivity contribution in [3.8, 4) is 0 Å². The molecule has 1 fully saturated rings. The van der Waals surface area contributed by atoms with Crippen molar-refractivity contribution in [2.24, 2.45) is 5.92 Å². The van der Waals surface area contributed by atoms with E-state index in [4.69, 9.17) is 0 Å². The van der Waals surface area contributed by atoms with Gasteiger partial charge in [-0.25, -0.2) is 4.98 Å². The number of benzene rings is 1. The number of carbonyl (C=O) groups is 1. The molecule has 1 saturated heterocycles. The van der Waals surface area contributed by atoms with Crippen LogP contribution in [0.25, 0.3) is 5.65 Å². The van der Waals surface area contributed by atoms with E-state index in [0.717, 1.165) is 37.3 Å². The molecule has 158 valence electrons. The Balaban J connectivity index is 1.59. The average molecular weight is 409 g/mol. The first kappa shape index (κ1) is 20.3. The van der Waals surface area contributed by atoms with Gasteiger partial charge in [-0.05, 0) is 50.3 Å². The molecular formula is C22H27N5O3. The summed E-state index contributed by atoms with van der Waals surface area (Å²) in [4.78, 5) is 19.4. The summed E-state index contributed by atoms with van der Waals surface area (Å²) in [5, 5.41) is 26.9. The van der Waals surface area contributed by atoms with Crippen LogP contribution in [0.15, 0.2) is 42.6 Å². The third-order valence-electron chi connectivity index (χ3n) is 5.54. The van der Waals surface area contributed by atoms with Gasteiger partial charge in [-0.15, -0.1) is 0 Å². The van der Waals surface area contributed by atoms with Gasteiger partial charge in [-0.1, -0.05) is 12.1 Å². The summed E-state index contributed by atoms with van der Waals surface area (Å²) in [5.74, 6) is 1.24. The number of aromatic nitrogens is 3. The number of hydrogen-bond acceptors (Lipinski definition) is 6. The van der Waals surface area contributed by atoms with Gasteiger partial charge in [0.25, 0.3) is 5.91 Å². The van der Waals surface area contributed by atoms with E-state index >= 15 is 0 Å². The molecule has 3 N–H and O–H groups in total. The Labute approximate surface area is 175 Å². The van der Waals surface area contributed by atoms with Crippen LogP contribution in [0.2, 0.25) is 0 Å². The van der Waals surface area contributed by atoms with E-state index in [-0.39, 0.29) is 18.4 Å². The second kappa shape index (κ2) is 8.04. The van der Waals surface area contributed by atoms with Crippen molar-refractivity contribution in [2.75, 3.05) is 29.9 Å². The highest BCUT2D eigenvalue weighted by Crippen LogP contribution is 2.26. The molecule has 0 saturated carbocycles. The standard InChI is InChI=1S/C22H27N5O3/c1-22(2,30)17-7-5-16(6-8-17)21(29)25-18-12-20(27-19(24-18)9-10-23-27)26-11-3-4-15(13-26)14-28/h5-10,12,15,28,30H,3-4,11,13-14H2,1-2H3,(H,24,25,29). The van der Waals surface area contributed by atoms with Gasteiger partial charge in [-0.2, -0.15) is 9.61 Å². The predicted octanol–water partition coefficient (Wildman–Crippen LogP) is 2.42. The number of anilines is 2. The quantitative estimate of drug-likeness (QED) is 0.598. The van der Waals surface area contributed by atoms with Crippen molar-refractivity contribution in [3.63, 3.8) is 0 Å². The molecule has 4 rings (SSSR count). The first-order valence-corrected chi connectivity index (χ1v) is 10.2. The van der Waals surface area contributed by atoms with Gasteiger partial charge in [0.2, 0.25) is 0 Å². The number of amides is 1. The Hall–Kier alpha value is -2.97. The molecule has 0 spiro atoms. The highest BCUT2D eigenvalue weighted by Gasteiger charge is 2.23. The van der Waals surface area contributed by atoms with Crippen molar-refractivity contribution in [3.05, 3.63) is 53.7 Å².